The number of nitrogens with one attached hydrogen (secondary N) is 1. The number of rotatable bonds is 6. The molecule has 0 aliphatic heterocycles. The fourth-order valence-corrected chi connectivity index (χ4v) is 2.52. The van der Waals surface area contributed by atoms with Gasteiger partial charge in [0.25, 0.3) is 5.69 Å². The molecule has 6 nitrogen and oxygen atoms in total. The first kappa shape index (κ1) is 16.7. The molecule has 118 valence electrons. The summed E-state index contributed by atoms with van der Waals surface area (Å²) >= 11 is 1.28. The van der Waals surface area contributed by atoms with Crippen LogP contribution in [0.4, 0.5) is 11.4 Å². The smallest absolute Gasteiger partial charge is 0.269 e. The van der Waals surface area contributed by atoms with Crippen LogP contribution >= 0.6 is 11.8 Å². The Morgan fingerprint density at radius 2 is 1.87 bits per heavy atom. The molecule has 0 aromatic heterocycles. The van der Waals surface area contributed by atoms with E-state index in [1.54, 1.807) is 36.4 Å². The summed E-state index contributed by atoms with van der Waals surface area (Å²) in [5.74, 6) is -0.113. The van der Waals surface area contributed by atoms with Crippen molar-refractivity contribution in [3.63, 3.8) is 0 Å². The van der Waals surface area contributed by atoms with Gasteiger partial charge in [-0.3, -0.25) is 19.7 Å². The molecule has 2 aromatic rings. The standard InChI is InChI=1S/C16H14N2O4S/c1-11(19)12-3-2-4-13(9-12)17-16(20)10-23-15-7-5-14(6-8-15)18(21)22/h2-9H,10H2,1H3,(H,17,20). The highest BCUT2D eigenvalue weighted by Crippen LogP contribution is 2.21. The number of carbonyl (C=O) groups is 2. The second kappa shape index (κ2) is 7.55. The summed E-state index contributed by atoms with van der Waals surface area (Å²) in [7, 11) is 0. The Kier molecular flexibility index (Phi) is 5.48. The lowest BCUT2D eigenvalue weighted by Crippen LogP contribution is -2.14. The molecule has 23 heavy (non-hydrogen) atoms. The van der Waals surface area contributed by atoms with Crippen LogP contribution in [0.15, 0.2) is 53.4 Å². The molecule has 0 heterocycles. The number of thioether (sulfide) groups is 1. The molecule has 1 amide bonds. The fraction of sp³-hybridized carbons (Fsp3) is 0.125. The molecule has 2 aromatic carbocycles. The monoisotopic (exact) mass is 330 g/mol. The van der Waals surface area contributed by atoms with Gasteiger partial charge in [0.05, 0.1) is 10.7 Å². The Morgan fingerprint density at radius 1 is 1.17 bits per heavy atom. The van der Waals surface area contributed by atoms with E-state index in [2.05, 4.69) is 5.32 Å². The van der Waals surface area contributed by atoms with Gasteiger partial charge < -0.3 is 5.32 Å². The van der Waals surface area contributed by atoms with Gasteiger partial charge in [0.2, 0.25) is 5.91 Å². The van der Waals surface area contributed by atoms with E-state index in [0.717, 1.165) is 4.90 Å². The van der Waals surface area contributed by atoms with E-state index in [1.165, 1.54) is 30.8 Å². The third kappa shape index (κ3) is 4.93. The van der Waals surface area contributed by atoms with Gasteiger partial charge in [-0.05, 0) is 31.2 Å². The molecule has 0 saturated heterocycles. The van der Waals surface area contributed by atoms with Gasteiger partial charge in [0, 0.05) is 28.3 Å². The largest absolute Gasteiger partial charge is 0.325 e. The minimum Gasteiger partial charge on any atom is -0.325 e. The SMILES string of the molecule is CC(=O)c1cccc(NC(=O)CSc2ccc([N+](=O)[O-])cc2)c1. The van der Waals surface area contributed by atoms with E-state index >= 15 is 0 Å². The molecule has 0 fully saturated rings. The van der Waals surface area contributed by atoms with E-state index in [9.17, 15) is 19.7 Å². The summed E-state index contributed by atoms with van der Waals surface area (Å²) in [5.41, 5.74) is 1.11. The minimum absolute atomic E-state index is 0.0137. The molecule has 0 aliphatic carbocycles. The van der Waals surface area contributed by atoms with Crippen molar-refractivity contribution in [1.82, 2.24) is 0 Å². The third-order valence-electron chi connectivity index (χ3n) is 2.97. The predicted octanol–water partition coefficient (Wildman–Crippen LogP) is 3.53. The number of Topliss-reactive ketones (excluding diaryl/α,β-unsaturated/α-hetero) is 1. The Bertz CT molecular complexity index is 744. The molecule has 0 atom stereocenters. The number of anilines is 1. The molecule has 0 bridgehead atoms. The molecule has 0 saturated carbocycles. The second-order valence-electron chi connectivity index (χ2n) is 4.72. The van der Waals surface area contributed by atoms with Gasteiger partial charge >= 0.3 is 0 Å². The van der Waals surface area contributed by atoms with Crippen LogP contribution in [0.5, 0.6) is 0 Å². The maximum atomic E-state index is 11.9. The topological polar surface area (TPSA) is 89.3 Å². The number of amides is 1. The van der Waals surface area contributed by atoms with Crippen molar-refractivity contribution in [1.29, 1.82) is 0 Å². The summed E-state index contributed by atoms with van der Waals surface area (Å²) in [6, 6.07) is 12.7. The molecule has 0 radical (unpaired) electrons. The summed E-state index contributed by atoms with van der Waals surface area (Å²) in [6.07, 6.45) is 0. The molecule has 1 N–H and O–H groups in total. The number of nitro benzene ring substituents is 1. The average molecular weight is 330 g/mol. The average Bonchev–Trinajstić information content (AvgIpc) is 2.53. The maximum Gasteiger partial charge on any atom is 0.269 e. The normalized spacial score (nSPS) is 10.1. The number of ketones is 1. The lowest BCUT2D eigenvalue weighted by Gasteiger charge is -2.06. The van der Waals surface area contributed by atoms with Gasteiger partial charge in [-0.25, -0.2) is 0 Å². The molecular weight excluding hydrogens is 316 g/mol. The van der Waals surface area contributed by atoms with Crippen molar-refractivity contribution in [2.75, 3.05) is 11.1 Å². The first-order valence-electron chi connectivity index (χ1n) is 6.74. The first-order chi connectivity index (χ1) is 11.0. The maximum absolute atomic E-state index is 11.9. The minimum atomic E-state index is -0.469. The van der Waals surface area contributed by atoms with Crippen molar-refractivity contribution < 1.29 is 14.5 Å². The van der Waals surface area contributed by atoms with Crippen molar-refractivity contribution in [3.8, 4) is 0 Å². The molecule has 0 spiro atoms. The Hall–Kier alpha value is -2.67. The number of benzene rings is 2. The van der Waals surface area contributed by atoms with Crippen LogP contribution in [0.25, 0.3) is 0 Å². The summed E-state index contributed by atoms with van der Waals surface area (Å²) in [6.45, 7) is 1.46. The zero-order valence-corrected chi connectivity index (χ0v) is 13.1. The van der Waals surface area contributed by atoms with Crippen molar-refractivity contribution in [2.45, 2.75) is 11.8 Å². The van der Waals surface area contributed by atoms with Gasteiger partial charge in [0.15, 0.2) is 5.78 Å². The number of nitro groups is 1. The predicted molar refractivity (Wildman–Crippen MR) is 88.9 cm³/mol. The molecule has 0 aliphatic rings. The van der Waals surface area contributed by atoms with E-state index in [-0.39, 0.29) is 23.1 Å². The van der Waals surface area contributed by atoms with Gasteiger partial charge in [-0.1, -0.05) is 12.1 Å². The number of nitrogens with zero attached hydrogens (tertiary/aromatic N) is 1. The molecule has 7 heteroatoms. The van der Waals surface area contributed by atoms with Crippen LogP contribution in [0, 0.1) is 10.1 Å². The van der Waals surface area contributed by atoms with Crippen molar-refractivity contribution in [3.05, 3.63) is 64.2 Å². The molecule has 0 unspecified atom stereocenters. The highest BCUT2D eigenvalue weighted by Gasteiger charge is 2.08. The molecule has 2 rings (SSSR count). The van der Waals surface area contributed by atoms with E-state index in [0.29, 0.717) is 11.3 Å². The summed E-state index contributed by atoms with van der Waals surface area (Å²) in [5, 5.41) is 13.3. The highest BCUT2D eigenvalue weighted by molar-refractivity contribution is 8.00. The fourth-order valence-electron chi connectivity index (χ4n) is 1.83. The van der Waals surface area contributed by atoms with Crippen LogP contribution in [0.1, 0.15) is 17.3 Å². The quantitative estimate of drug-likeness (QED) is 0.379. The Balaban J connectivity index is 1.91. The van der Waals surface area contributed by atoms with Gasteiger partial charge in [-0.15, -0.1) is 11.8 Å². The Morgan fingerprint density at radius 3 is 2.48 bits per heavy atom. The lowest BCUT2D eigenvalue weighted by molar-refractivity contribution is -0.384. The lowest BCUT2D eigenvalue weighted by atomic mass is 10.1. The summed E-state index contributed by atoms with van der Waals surface area (Å²) < 4.78 is 0. The van der Waals surface area contributed by atoms with Crippen LogP contribution in [0.3, 0.4) is 0 Å². The third-order valence-corrected chi connectivity index (χ3v) is 3.98. The molecular formula is C16H14N2O4S. The zero-order chi connectivity index (χ0) is 16.8. The Labute approximate surface area is 137 Å². The number of non-ortho nitro benzene ring substituents is 1. The second-order valence-corrected chi connectivity index (χ2v) is 5.77. The zero-order valence-electron chi connectivity index (χ0n) is 12.3. The summed E-state index contributed by atoms with van der Waals surface area (Å²) in [4.78, 5) is 34.1. The van der Waals surface area contributed by atoms with Gasteiger partial charge in [-0.2, -0.15) is 0 Å². The van der Waals surface area contributed by atoms with Crippen LogP contribution in [-0.2, 0) is 4.79 Å². The van der Waals surface area contributed by atoms with Crippen molar-refractivity contribution >= 4 is 34.8 Å². The van der Waals surface area contributed by atoms with Crippen molar-refractivity contribution in [2.24, 2.45) is 0 Å². The van der Waals surface area contributed by atoms with E-state index in [1.807, 2.05) is 0 Å². The number of hydrogen-bond donors (Lipinski definition) is 1. The first-order valence-corrected chi connectivity index (χ1v) is 7.72. The van der Waals surface area contributed by atoms with Crippen LogP contribution in [-0.4, -0.2) is 22.4 Å². The van der Waals surface area contributed by atoms with Crippen LogP contribution < -0.4 is 5.32 Å². The van der Waals surface area contributed by atoms with Crippen LogP contribution in [0.2, 0.25) is 0 Å². The van der Waals surface area contributed by atoms with Gasteiger partial charge in [0.1, 0.15) is 0 Å². The number of carbonyl (C=O) groups excluding carboxylic acids is 2. The highest BCUT2D eigenvalue weighted by atomic mass is 32.2. The number of hydrogen-bond acceptors (Lipinski definition) is 5. The van der Waals surface area contributed by atoms with E-state index in [4.69, 9.17) is 0 Å². The van der Waals surface area contributed by atoms with E-state index < -0.39 is 4.92 Å².